The highest BCUT2D eigenvalue weighted by Crippen LogP contribution is 2.19. The number of thiol groups is 1. The Labute approximate surface area is 82.1 Å². The van der Waals surface area contributed by atoms with E-state index in [9.17, 15) is 0 Å². The molecule has 0 radical (unpaired) electrons. The third-order valence-electron chi connectivity index (χ3n) is 0.951. The van der Waals surface area contributed by atoms with Gasteiger partial charge in [-0.3, -0.25) is 0 Å². The Morgan fingerprint density at radius 1 is 1.27 bits per heavy atom. The first kappa shape index (κ1) is 11.4. The quantitative estimate of drug-likeness (QED) is 0.543. The molecule has 1 nitrogen and oxygen atoms in total. The van der Waals surface area contributed by atoms with Gasteiger partial charge in [0.15, 0.2) is 0 Å². The van der Waals surface area contributed by atoms with Crippen molar-refractivity contribution in [3.8, 4) is 0 Å². The molecule has 0 aliphatic rings. The summed E-state index contributed by atoms with van der Waals surface area (Å²) in [6.07, 6.45) is 3.89. The molecular weight excluding hydrogens is 203 g/mol. The smallest absolute Gasteiger partial charge is 0.0557 e. The van der Waals surface area contributed by atoms with Gasteiger partial charge in [-0.15, -0.1) is 0 Å². The molecule has 0 unspecified atom stereocenters. The van der Waals surface area contributed by atoms with Crippen LogP contribution in [-0.4, -0.2) is 17.5 Å². The third-order valence-corrected chi connectivity index (χ3v) is 1.95. The summed E-state index contributed by atoms with van der Waals surface area (Å²) in [5.74, 6) is 0.558. The minimum Gasteiger partial charge on any atom is -0.396 e. The molecule has 11 heavy (non-hydrogen) atoms. The molecule has 0 heterocycles. The molecule has 0 rings (SSSR count). The highest BCUT2D eigenvalue weighted by Gasteiger charge is 1.95. The molecule has 0 aromatic rings. The van der Waals surface area contributed by atoms with E-state index in [1.807, 2.05) is 0 Å². The van der Waals surface area contributed by atoms with Crippen LogP contribution in [0.15, 0.2) is 22.2 Å². The molecule has 0 saturated heterocycles. The second kappa shape index (κ2) is 7.04. The number of allylic oxidation sites excluding steroid dienone is 2. The van der Waals surface area contributed by atoms with Gasteiger partial charge in [0.2, 0.25) is 0 Å². The predicted molar refractivity (Wildman–Crippen MR) is 53.4 cm³/mol. The van der Waals surface area contributed by atoms with Gasteiger partial charge in [-0.2, -0.15) is 12.6 Å². The minimum atomic E-state index is 0.0846. The van der Waals surface area contributed by atoms with Gasteiger partial charge >= 0.3 is 0 Å². The van der Waals surface area contributed by atoms with Crippen molar-refractivity contribution < 1.29 is 5.11 Å². The van der Waals surface area contributed by atoms with Crippen LogP contribution in [-0.2, 0) is 0 Å². The standard InChI is InChI=1S/C7H10Cl2OS/c8-6(2-1-4-10)7(9)3-5-11/h2-3,10-11H,1,4-5H2/b6-2+,7-3+. The van der Waals surface area contributed by atoms with Gasteiger partial charge in [0.05, 0.1) is 10.1 Å². The molecule has 0 fully saturated rings. The predicted octanol–water partition coefficient (Wildman–Crippen LogP) is 2.54. The van der Waals surface area contributed by atoms with Crippen molar-refractivity contribution in [3.05, 3.63) is 22.2 Å². The first-order chi connectivity index (χ1) is 5.22. The van der Waals surface area contributed by atoms with E-state index in [1.165, 1.54) is 0 Å². The summed E-state index contributed by atoms with van der Waals surface area (Å²) in [5, 5.41) is 9.39. The number of rotatable bonds is 4. The van der Waals surface area contributed by atoms with Gasteiger partial charge in [-0.05, 0) is 6.42 Å². The Bertz CT molecular complexity index is 166. The minimum absolute atomic E-state index is 0.0846. The van der Waals surface area contributed by atoms with Crippen LogP contribution in [0, 0.1) is 0 Å². The van der Waals surface area contributed by atoms with E-state index >= 15 is 0 Å². The number of halogens is 2. The van der Waals surface area contributed by atoms with Crippen LogP contribution >= 0.6 is 35.8 Å². The van der Waals surface area contributed by atoms with Gasteiger partial charge < -0.3 is 5.11 Å². The Morgan fingerprint density at radius 2 is 1.82 bits per heavy atom. The Morgan fingerprint density at radius 3 is 2.27 bits per heavy atom. The van der Waals surface area contributed by atoms with E-state index in [1.54, 1.807) is 12.2 Å². The molecule has 0 aliphatic carbocycles. The summed E-state index contributed by atoms with van der Waals surface area (Å²) < 4.78 is 0. The summed E-state index contributed by atoms with van der Waals surface area (Å²) in [4.78, 5) is 0. The third kappa shape index (κ3) is 5.62. The Kier molecular flexibility index (Phi) is 7.28. The van der Waals surface area contributed by atoms with E-state index < -0.39 is 0 Å². The molecule has 0 aromatic carbocycles. The molecule has 1 N–H and O–H groups in total. The lowest BCUT2D eigenvalue weighted by molar-refractivity contribution is 0.302. The zero-order valence-electron chi connectivity index (χ0n) is 5.93. The van der Waals surface area contributed by atoms with Gasteiger partial charge in [0.25, 0.3) is 0 Å². The van der Waals surface area contributed by atoms with Crippen LogP contribution in [0.25, 0.3) is 0 Å². The summed E-state index contributed by atoms with van der Waals surface area (Å²) >= 11 is 15.4. The number of hydrogen-bond acceptors (Lipinski definition) is 2. The van der Waals surface area contributed by atoms with E-state index in [-0.39, 0.29) is 6.61 Å². The molecule has 4 heteroatoms. The fourth-order valence-electron chi connectivity index (χ4n) is 0.466. The normalized spacial score (nSPS) is 13.8. The zero-order valence-corrected chi connectivity index (χ0v) is 8.33. The maximum Gasteiger partial charge on any atom is 0.0557 e. The van der Waals surface area contributed by atoms with Crippen LogP contribution in [0.2, 0.25) is 0 Å². The molecule has 0 aliphatic heterocycles. The fourth-order valence-corrected chi connectivity index (χ4v) is 1.10. The summed E-state index contributed by atoms with van der Waals surface area (Å²) in [7, 11) is 0. The fraction of sp³-hybridized carbons (Fsp3) is 0.429. The van der Waals surface area contributed by atoms with E-state index in [0.29, 0.717) is 22.2 Å². The van der Waals surface area contributed by atoms with Crippen LogP contribution in [0.3, 0.4) is 0 Å². The lowest BCUT2D eigenvalue weighted by Gasteiger charge is -1.94. The van der Waals surface area contributed by atoms with Gasteiger partial charge in [0, 0.05) is 12.4 Å². The van der Waals surface area contributed by atoms with Crippen molar-refractivity contribution in [3.63, 3.8) is 0 Å². The van der Waals surface area contributed by atoms with Crippen molar-refractivity contribution in [2.45, 2.75) is 6.42 Å². The lowest BCUT2D eigenvalue weighted by Crippen LogP contribution is -1.79. The summed E-state index contributed by atoms with van der Waals surface area (Å²) in [6, 6.07) is 0. The molecule has 0 bridgehead atoms. The average Bonchev–Trinajstić information content (AvgIpc) is 2.00. The van der Waals surface area contributed by atoms with Crippen LogP contribution < -0.4 is 0 Å². The lowest BCUT2D eigenvalue weighted by atomic mass is 10.3. The maximum absolute atomic E-state index is 8.45. The van der Waals surface area contributed by atoms with E-state index in [4.69, 9.17) is 28.3 Å². The van der Waals surface area contributed by atoms with Crippen molar-refractivity contribution >= 4 is 35.8 Å². The monoisotopic (exact) mass is 212 g/mol. The molecule has 0 atom stereocenters. The molecule has 0 aromatic heterocycles. The Balaban J connectivity index is 4.00. The van der Waals surface area contributed by atoms with Gasteiger partial charge in [-0.25, -0.2) is 0 Å². The number of aliphatic hydroxyl groups is 1. The van der Waals surface area contributed by atoms with Crippen LogP contribution in [0.5, 0.6) is 0 Å². The molecule has 0 spiro atoms. The first-order valence-corrected chi connectivity index (χ1v) is 4.54. The van der Waals surface area contributed by atoms with E-state index in [2.05, 4.69) is 12.6 Å². The first-order valence-electron chi connectivity index (χ1n) is 3.15. The second-order valence-corrected chi connectivity index (χ2v) is 2.98. The Hall–Kier alpha value is 0.370. The van der Waals surface area contributed by atoms with Gasteiger partial charge in [0.1, 0.15) is 0 Å². The SMILES string of the molecule is OCC/C=C(Cl)\C(Cl)=C/CS. The van der Waals surface area contributed by atoms with Crippen LogP contribution in [0.1, 0.15) is 6.42 Å². The molecule has 0 saturated carbocycles. The summed E-state index contributed by atoms with van der Waals surface area (Å²) in [6.45, 7) is 0.0846. The van der Waals surface area contributed by atoms with Crippen molar-refractivity contribution in [1.29, 1.82) is 0 Å². The van der Waals surface area contributed by atoms with Crippen LogP contribution in [0.4, 0.5) is 0 Å². The van der Waals surface area contributed by atoms with Crippen molar-refractivity contribution in [2.75, 3.05) is 12.4 Å². The number of hydrogen-bond donors (Lipinski definition) is 2. The molecule has 0 amide bonds. The highest BCUT2D eigenvalue weighted by atomic mass is 35.5. The largest absolute Gasteiger partial charge is 0.396 e. The second-order valence-electron chi connectivity index (χ2n) is 1.80. The molecule has 64 valence electrons. The zero-order chi connectivity index (χ0) is 8.69. The van der Waals surface area contributed by atoms with Crippen molar-refractivity contribution in [1.82, 2.24) is 0 Å². The average molecular weight is 213 g/mol. The maximum atomic E-state index is 8.45. The van der Waals surface area contributed by atoms with E-state index in [0.717, 1.165) is 0 Å². The topological polar surface area (TPSA) is 20.2 Å². The van der Waals surface area contributed by atoms with Crippen molar-refractivity contribution in [2.24, 2.45) is 0 Å². The highest BCUT2D eigenvalue weighted by molar-refractivity contribution is 7.80. The van der Waals surface area contributed by atoms with Gasteiger partial charge in [-0.1, -0.05) is 35.4 Å². The molecular formula is C7H10Cl2OS. The number of aliphatic hydroxyl groups excluding tert-OH is 1. The summed E-state index contributed by atoms with van der Waals surface area (Å²) in [5.41, 5.74) is 0.